The molecule has 0 saturated heterocycles. The summed E-state index contributed by atoms with van der Waals surface area (Å²) in [6.45, 7) is 2.97. The van der Waals surface area contributed by atoms with Crippen molar-refractivity contribution >= 4 is 50.7 Å². The van der Waals surface area contributed by atoms with Crippen LogP contribution in [0.2, 0.25) is 5.02 Å². The Bertz CT molecular complexity index is 1580. The van der Waals surface area contributed by atoms with Crippen molar-refractivity contribution in [1.82, 2.24) is 24.5 Å². The number of anilines is 1. The van der Waals surface area contributed by atoms with Crippen LogP contribution in [-0.2, 0) is 17.9 Å². The van der Waals surface area contributed by atoms with E-state index in [0.717, 1.165) is 6.07 Å². The average Bonchev–Trinajstić information content (AvgIpc) is 3.51. The molecule has 4 aromatic heterocycles. The van der Waals surface area contributed by atoms with E-state index >= 15 is 0 Å². The molecule has 0 unspecified atom stereocenters. The summed E-state index contributed by atoms with van der Waals surface area (Å²) in [5.74, 6) is -2.10. The third-order valence-electron chi connectivity index (χ3n) is 5.75. The second kappa shape index (κ2) is 10.8. The standard InChI is InChI=1S/C22H18ClF6N7O2S/c1-3-35-7(2)9(5-31-35)8-4-10(18(24)25)32-22-12(8)14(17(39-22)21(30)38)33-11(37)6-36-16(20(28)29)13(23)15(34-36)19(26)27/h4-5,18-20H,3,6H2,1-2H3,(H2,30,38)(H,33,37). The molecule has 0 aliphatic heterocycles. The van der Waals surface area contributed by atoms with Crippen molar-refractivity contribution in [3.05, 3.63) is 44.9 Å². The Labute approximate surface area is 224 Å². The van der Waals surface area contributed by atoms with E-state index < -0.39 is 59.7 Å². The van der Waals surface area contributed by atoms with Crippen LogP contribution in [0.25, 0.3) is 21.3 Å². The van der Waals surface area contributed by atoms with Gasteiger partial charge >= 0.3 is 0 Å². The number of carbonyl (C=O) groups is 2. The summed E-state index contributed by atoms with van der Waals surface area (Å²) in [5.41, 5.74) is 3.56. The van der Waals surface area contributed by atoms with Gasteiger partial charge in [-0.3, -0.25) is 19.0 Å². The van der Waals surface area contributed by atoms with Crippen LogP contribution < -0.4 is 11.1 Å². The second-order valence-electron chi connectivity index (χ2n) is 8.10. The van der Waals surface area contributed by atoms with E-state index in [-0.39, 0.29) is 26.3 Å². The van der Waals surface area contributed by atoms with Crippen molar-refractivity contribution < 1.29 is 35.9 Å². The third kappa shape index (κ3) is 5.17. The van der Waals surface area contributed by atoms with Gasteiger partial charge in [0, 0.05) is 23.2 Å². The van der Waals surface area contributed by atoms with Crippen molar-refractivity contribution in [2.75, 3.05) is 5.32 Å². The Morgan fingerprint density at radius 3 is 2.33 bits per heavy atom. The van der Waals surface area contributed by atoms with Gasteiger partial charge in [0.2, 0.25) is 5.91 Å². The van der Waals surface area contributed by atoms with Crippen LogP contribution in [0.5, 0.6) is 0 Å². The molecule has 0 aliphatic rings. The molecule has 0 saturated carbocycles. The van der Waals surface area contributed by atoms with Crippen LogP contribution in [0.15, 0.2) is 12.3 Å². The predicted molar refractivity (Wildman–Crippen MR) is 131 cm³/mol. The summed E-state index contributed by atoms with van der Waals surface area (Å²) in [6, 6.07) is 1.08. The van der Waals surface area contributed by atoms with E-state index in [2.05, 4.69) is 20.5 Å². The molecular weight excluding hydrogens is 576 g/mol. The van der Waals surface area contributed by atoms with Crippen LogP contribution in [0.4, 0.5) is 32.0 Å². The van der Waals surface area contributed by atoms with Gasteiger partial charge in [-0.25, -0.2) is 31.3 Å². The largest absolute Gasteiger partial charge is 0.365 e. The summed E-state index contributed by atoms with van der Waals surface area (Å²) in [4.78, 5) is 28.8. The fourth-order valence-electron chi connectivity index (χ4n) is 4.02. The first-order chi connectivity index (χ1) is 18.3. The zero-order chi connectivity index (χ0) is 28.8. The first-order valence-corrected chi connectivity index (χ1v) is 12.2. The van der Waals surface area contributed by atoms with Crippen LogP contribution in [-0.4, -0.2) is 36.4 Å². The molecule has 0 atom stereocenters. The number of hydrogen-bond acceptors (Lipinski definition) is 6. The number of nitrogens with one attached hydrogen (secondary N) is 1. The van der Waals surface area contributed by atoms with Gasteiger partial charge in [0.25, 0.3) is 25.2 Å². The van der Waals surface area contributed by atoms with Crippen molar-refractivity contribution in [3.63, 3.8) is 0 Å². The highest BCUT2D eigenvalue weighted by molar-refractivity contribution is 7.21. The van der Waals surface area contributed by atoms with Gasteiger partial charge in [0.15, 0.2) is 0 Å². The van der Waals surface area contributed by atoms with Gasteiger partial charge < -0.3 is 11.1 Å². The minimum absolute atomic E-state index is 0.0639. The number of halogens is 7. The van der Waals surface area contributed by atoms with E-state index in [4.69, 9.17) is 17.3 Å². The fraction of sp³-hybridized carbons (Fsp3) is 0.318. The highest BCUT2D eigenvalue weighted by atomic mass is 35.5. The zero-order valence-corrected chi connectivity index (χ0v) is 21.6. The monoisotopic (exact) mass is 593 g/mol. The SMILES string of the molecule is CCn1ncc(-c2cc(C(F)F)nc3sc(C(N)=O)c(NC(=O)Cn4nc(C(F)F)c(Cl)c4C(F)F)c23)c1C. The number of rotatable bonds is 9. The lowest BCUT2D eigenvalue weighted by atomic mass is 10.0. The molecule has 0 bridgehead atoms. The van der Waals surface area contributed by atoms with E-state index in [9.17, 15) is 35.9 Å². The maximum atomic E-state index is 13.7. The molecule has 4 rings (SSSR count). The topological polar surface area (TPSA) is 121 Å². The predicted octanol–water partition coefficient (Wildman–Crippen LogP) is 5.89. The number of thiophene rings is 1. The first kappa shape index (κ1) is 28.4. The Hall–Kier alpha value is -3.66. The highest BCUT2D eigenvalue weighted by Crippen LogP contribution is 2.43. The summed E-state index contributed by atoms with van der Waals surface area (Å²) < 4.78 is 82.7. The minimum Gasteiger partial charge on any atom is -0.365 e. The zero-order valence-electron chi connectivity index (χ0n) is 20.0. The number of primary amides is 1. The minimum atomic E-state index is -3.34. The number of aryl methyl sites for hydroxylation is 1. The molecule has 17 heteroatoms. The molecular formula is C22H18ClF6N7O2S. The normalized spacial score (nSPS) is 11.9. The number of hydrogen-bond donors (Lipinski definition) is 2. The second-order valence-corrected chi connectivity index (χ2v) is 9.47. The summed E-state index contributed by atoms with van der Waals surface area (Å²) in [6.07, 6.45) is -8.18. The fourth-order valence-corrected chi connectivity index (χ4v) is 5.33. The van der Waals surface area contributed by atoms with Crippen LogP contribution >= 0.6 is 22.9 Å². The Morgan fingerprint density at radius 1 is 1.10 bits per heavy atom. The number of pyridine rings is 1. The molecule has 0 spiro atoms. The molecule has 4 aromatic rings. The van der Waals surface area contributed by atoms with Crippen LogP contribution in [0, 0.1) is 6.92 Å². The van der Waals surface area contributed by atoms with Crippen molar-refractivity contribution in [2.45, 2.75) is 46.2 Å². The van der Waals surface area contributed by atoms with Gasteiger partial charge in [-0.15, -0.1) is 11.3 Å². The lowest BCUT2D eigenvalue weighted by Gasteiger charge is -2.12. The van der Waals surface area contributed by atoms with E-state index in [0.29, 0.717) is 33.8 Å². The molecule has 4 heterocycles. The highest BCUT2D eigenvalue weighted by Gasteiger charge is 2.30. The van der Waals surface area contributed by atoms with Crippen molar-refractivity contribution in [1.29, 1.82) is 0 Å². The Kier molecular flexibility index (Phi) is 7.88. The molecule has 3 N–H and O–H groups in total. The van der Waals surface area contributed by atoms with Gasteiger partial charge in [-0.05, 0) is 25.5 Å². The number of fused-ring (bicyclic) bond motifs is 1. The molecule has 208 valence electrons. The number of nitrogens with two attached hydrogens (primary N) is 1. The average molecular weight is 594 g/mol. The maximum absolute atomic E-state index is 13.7. The number of nitrogens with zero attached hydrogens (tertiary/aromatic N) is 5. The molecule has 0 radical (unpaired) electrons. The van der Waals surface area contributed by atoms with Gasteiger partial charge in [-0.1, -0.05) is 11.6 Å². The molecule has 0 fully saturated rings. The van der Waals surface area contributed by atoms with Crippen LogP contribution in [0.3, 0.4) is 0 Å². The molecule has 9 nitrogen and oxygen atoms in total. The summed E-state index contributed by atoms with van der Waals surface area (Å²) in [7, 11) is 0. The molecule has 0 aliphatic carbocycles. The van der Waals surface area contributed by atoms with Crippen LogP contribution in [0.1, 0.15) is 58.6 Å². The molecule has 0 aromatic carbocycles. The van der Waals surface area contributed by atoms with E-state index in [1.165, 1.54) is 6.20 Å². The Morgan fingerprint density at radius 2 is 1.79 bits per heavy atom. The lowest BCUT2D eigenvalue weighted by Crippen LogP contribution is -2.23. The van der Waals surface area contributed by atoms with E-state index in [1.54, 1.807) is 11.6 Å². The van der Waals surface area contributed by atoms with Gasteiger partial charge in [0.05, 0.1) is 16.9 Å². The smallest absolute Gasteiger partial charge is 0.283 e. The number of alkyl halides is 6. The molecule has 39 heavy (non-hydrogen) atoms. The quantitative estimate of drug-likeness (QED) is 0.235. The summed E-state index contributed by atoms with van der Waals surface area (Å²) >= 11 is 6.27. The summed E-state index contributed by atoms with van der Waals surface area (Å²) in [5, 5.41) is 9.00. The first-order valence-electron chi connectivity index (χ1n) is 11.1. The number of carbonyl (C=O) groups excluding carboxylic acids is 2. The number of aromatic nitrogens is 5. The van der Waals surface area contributed by atoms with Gasteiger partial charge in [-0.2, -0.15) is 10.2 Å². The Balaban J connectivity index is 1.86. The maximum Gasteiger partial charge on any atom is 0.283 e. The van der Waals surface area contributed by atoms with Crippen molar-refractivity contribution in [2.24, 2.45) is 5.73 Å². The molecule has 2 amide bonds. The lowest BCUT2D eigenvalue weighted by molar-refractivity contribution is -0.117. The third-order valence-corrected chi connectivity index (χ3v) is 7.24. The number of amides is 2. The van der Waals surface area contributed by atoms with Gasteiger partial charge in [0.1, 0.15) is 33.3 Å². The van der Waals surface area contributed by atoms with E-state index in [1.807, 2.05) is 6.92 Å². The van der Waals surface area contributed by atoms with Crippen molar-refractivity contribution in [3.8, 4) is 11.1 Å².